The number of benzene rings is 3. The quantitative estimate of drug-likeness (QED) is 0.500. The van der Waals surface area contributed by atoms with Crippen molar-refractivity contribution in [1.29, 1.82) is 0 Å². The number of methoxy groups -OCH3 is 1. The molecule has 0 aliphatic carbocycles. The van der Waals surface area contributed by atoms with Gasteiger partial charge in [-0.15, -0.1) is 0 Å². The van der Waals surface area contributed by atoms with Crippen molar-refractivity contribution in [2.45, 2.75) is 19.3 Å². The van der Waals surface area contributed by atoms with Crippen molar-refractivity contribution in [1.82, 2.24) is 0 Å². The minimum atomic E-state index is -0.877. The van der Waals surface area contributed by atoms with Crippen LogP contribution in [0.2, 0.25) is 0 Å². The molecule has 0 aliphatic heterocycles. The summed E-state index contributed by atoms with van der Waals surface area (Å²) in [6, 6.07) is 22.7. The van der Waals surface area contributed by atoms with Crippen LogP contribution in [0, 0.1) is 0 Å². The van der Waals surface area contributed by atoms with Crippen LogP contribution in [-0.4, -0.2) is 31.5 Å². The minimum Gasteiger partial charge on any atom is -0.495 e. The highest BCUT2D eigenvalue weighted by atomic mass is 16.5. The summed E-state index contributed by atoms with van der Waals surface area (Å²) in [5.41, 5.74) is 1.38. The van der Waals surface area contributed by atoms with Gasteiger partial charge in [-0.3, -0.25) is 14.4 Å². The van der Waals surface area contributed by atoms with E-state index in [0.717, 1.165) is 5.56 Å². The van der Waals surface area contributed by atoms with Crippen LogP contribution >= 0.6 is 0 Å². The fraction of sp³-hybridized carbons (Fsp3) is 0.192. The van der Waals surface area contributed by atoms with Crippen molar-refractivity contribution in [3.05, 3.63) is 90.0 Å². The highest BCUT2D eigenvalue weighted by Gasteiger charge is 2.31. The van der Waals surface area contributed by atoms with Crippen molar-refractivity contribution >= 4 is 29.2 Å². The van der Waals surface area contributed by atoms with Crippen molar-refractivity contribution in [2.75, 3.05) is 24.4 Å². The van der Waals surface area contributed by atoms with Gasteiger partial charge in [-0.2, -0.15) is 0 Å². The molecule has 0 spiro atoms. The van der Waals surface area contributed by atoms with Crippen LogP contribution in [0.4, 0.5) is 11.4 Å². The summed E-state index contributed by atoms with van der Waals surface area (Å²) in [5, 5.41) is 5.44. The number of hydrogen-bond donors (Lipinski definition) is 2. The van der Waals surface area contributed by atoms with Crippen molar-refractivity contribution < 1.29 is 23.9 Å². The molecule has 0 bridgehead atoms. The molecular weight excluding hydrogens is 420 g/mol. The Kier molecular flexibility index (Phi) is 7.46. The van der Waals surface area contributed by atoms with Crippen molar-refractivity contribution in [3.8, 4) is 5.75 Å². The van der Waals surface area contributed by atoms with Gasteiger partial charge in [0.2, 0.25) is 0 Å². The second-order valence-corrected chi connectivity index (χ2v) is 7.85. The third kappa shape index (κ3) is 5.98. The highest BCUT2D eigenvalue weighted by molar-refractivity contribution is 6.05. The first-order chi connectivity index (χ1) is 15.8. The maximum atomic E-state index is 12.5. The lowest BCUT2D eigenvalue weighted by Crippen LogP contribution is -2.33. The topological polar surface area (TPSA) is 93.7 Å². The molecule has 0 radical (unpaired) electrons. The van der Waals surface area contributed by atoms with Gasteiger partial charge in [0.15, 0.2) is 6.61 Å². The summed E-state index contributed by atoms with van der Waals surface area (Å²) < 4.78 is 10.5. The van der Waals surface area contributed by atoms with E-state index in [-0.39, 0.29) is 5.91 Å². The summed E-state index contributed by atoms with van der Waals surface area (Å²) in [5.74, 6) is -0.722. The summed E-state index contributed by atoms with van der Waals surface area (Å²) in [7, 11) is 1.53. The summed E-state index contributed by atoms with van der Waals surface area (Å²) in [4.78, 5) is 37.2. The van der Waals surface area contributed by atoms with Gasteiger partial charge in [0, 0.05) is 11.3 Å². The molecule has 0 saturated carbocycles. The van der Waals surface area contributed by atoms with E-state index in [2.05, 4.69) is 10.6 Å². The normalized spacial score (nSPS) is 10.8. The number of carbonyl (C=O) groups excluding carboxylic acids is 3. The van der Waals surface area contributed by atoms with Crippen molar-refractivity contribution in [3.63, 3.8) is 0 Å². The smallest absolute Gasteiger partial charge is 0.316 e. The molecule has 33 heavy (non-hydrogen) atoms. The van der Waals surface area contributed by atoms with E-state index in [1.165, 1.54) is 7.11 Å². The second kappa shape index (κ2) is 10.5. The Morgan fingerprint density at radius 1 is 0.818 bits per heavy atom. The average molecular weight is 447 g/mol. The molecule has 0 aliphatic rings. The van der Waals surface area contributed by atoms with Crippen LogP contribution in [0.25, 0.3) is 0 Å². The first-order valence-electron chi connectivity index (χ1n) is 10.4. The largest absolute Gasteiger partial charge is 0.495 e. The van der Waals surface area contributed by atoms with Crippen LogP contribution in [0.3, 0.4) is 0 Å². The zero-order valence-corrected chi connectivity index (χ0v) is 18.8. The second-order valence-electron chi connectivity index (χ2n) is 7.85. The van der Waals surface area contributed by atoms with E-state index in [1.54, 1.807) is 56.3 Å². The third-order valence-corrected chi connectivity index (χ3v) is 5.13. The van der Waals surface area contributed by atoms with Gasteiger partial charge in [0.05, 0.1) is 18.2 Å². The molecule has 0 atom stereocenters. The molecule has 7 heteroatoms. The molecule has 0 saturated heterocycles. The molecule has 170 valence electrons. The number of hydrogen-bond acceptors (Lipinski definition) is 5. The maximum Gasteiger partial charge on any atom is 0.316 e. The molecule has 7 nitrogen and oxygen atoms in total. The van der Waals surface area contributed by atoms with E-state index < -0.39 is 23.9 Å². The Bertz CT molecular complexity index is 1120. The number of esters is 1. The Labute approximate surface area is 192 Å². The Morgan fingerprint density at radius 2 is 1.45 bits per heavy atom. The molecule has 0 unspecified atom stereocenters. The molecule has 3 rings (SSSR count). The number of ether oxygens (including phenoxy) is 2. The number of anilines is 2. The van der Waals surface area contributed by atoms with Crippen LogP contribution in [-0.2, 0) is 19.7 Å². The minimum absolute atomic E-state index is 0.311. The average Bonchev–Trinajstić information content (AvgIpc) is 2.83. The maximum absolute atomic E-state index is 12.5. The monoisotopic (exact) mass is 446 g/mol. The zero-order chi connectivity index (χ0) is 23.8. The molecule has 3 aromatic rings. The van der Waals surface area contributed by atoms with Gasteiger partial charge in [-0.25, -0.2) is 0 Å². The highest BCUT2D eigenvalue weighted by Crippen LogP contribution is 2.25. The molecule has 0 aromatic heterocycles. The Balaban J connectivity index is 1.53. The van der Waals surface area contributed by atoms with E-state index in [4.69, 9.17) is 9.47 Å². The van der Waals surface area contributed by atoms with Gasteiger partial charge in [-0.1, -0.05) is 42.5 Å². The Morgan fingerprint density at radius 3 is 2.12 bits per heavy atom. The number of nitrogens with one attached hydrogen (secondary N) is 2. The number of amides is 2. The molecule has 2 amide bonds. The molecular formula is C26H26N2O5. The first-order valence-corrected chi connectivity index (χ1v) is 10.4. The van der Waals surface area contributed by atoms with E-state index >= 15 is 0 Å². The number of para-hydroxylation sites is 2. The summed E-state index contributed by atoms with van der Waals surface area (Å²) >= 11 is 0. The lowest BCUT2D eigenvalue weighted by Gasteiger charge is -2.22. The van der Waals surface area contributed by atoms with Gasteiger partial charge in [0.1, 0.15) is 5.75 Å². The molecule has 3 aromatic carbocycles. The predicted octanol–water partition coefficient (Wildman–Crippen LogP) is 4.41. The molecule has 0 heterocycles. The van der Waals surface area contributed by atoms with Crippen LogP contribution in [0.5, 0.6) is 5.75 Å². The fourth-order valence-corrected chi connectivity index (χ4v) is 3.13. The van der Waals surface area contributed by atoms with Gasteiger partial charge < -0.3 is 20.1 Å². The lowest BCUT2D eigenvalue weighted by atomic mass is 9.85. The van der Waals surface area contributed by atoms with Gasteiger partial charge in [-0.05, 0) is 55.8 Å². The van der Waals surface area contributed by atoms with Crippen molar-refractivity contribution in [2.24, 2.45) is 0 Å². The fourth-order valence-electron chi connectivity index (χ4n) is 3.13. The van der Waals surface area contributed by atoms with Gasteiger partial charge >= 0.3 is 5.97 Å². The predicted molar refractivity (Wildman–Crippen MR) is 126 cm³/mol. The SMILES string of the molecule is COc1ccccc1NC(=O)c1ccc(NC(=O)COC(=O)C(C)(C)c2ccccc2)cc1. The standard InChI is InChI=1S/C26H26N2O5/c1-26(2,19-9-5-4-6-10-19)25(31)33-17-23(29)27-20-15-13-18(14-16-20)24(30)28-21-11-7-8-12-22(21)32-3/h4-16H,17H2,1-3H3,(H,27,29)(H,28,30). The lowest BCUT2D eigenvalue weighted by molar-refractivity contribution is -0.152. The number of rotatable bonds is 8. The van der Waals surface area contributed by atoms with Crippen LogP contribution < -0.4 is 15.4 Å². The van der Waals surface area contributed by atoms with Gasteiger partial charge in [0.25, 0.3) is 11.8 Å². The zero-order valence-electron chi connectivity index (χ0n) is 18.8. The third-order valence-electron chi connectivity index (χ3n) is 5.13. The summed E-state index contributed by atoms with van der Waals surface area (Å²) in [6.07, 6.45) is 0. The molecule has 0 fully saturated rings. The molecule has 2 N–H and O–H groups in total. The van der Waals surface area contributed by atoms with Crippen LogP contribution in [0.1, 0.15) is 29.8 Å². The number of carbonyl (C=O) groups is 3. The van der Waals surface area contributed by atoms with E-state index in [1.807, 2.05) is 36.4 Å². The summed E-state index contributed by atoms with van der Waals surface area (Å²) in [6.45, 7) is 3.08. The first kappa shape index (κ1) is 23.5. The van der Waals surface area contributed by atoms with E-state index in [0.29, 0.717) is 22.7 Å². The van der Waals surface area contributed by atoms with Crippen LogP contribution in [0.15, 0.2) is 78.9 Å². The van der Waals surface area contributed by atoms with E-state index in [9.17, 15) is 14.4 Å². The Hall–Kier alpha value is -4.13.